The lowest BCUT2D eigenvalue weighted by Crippen LogP contribution is -2.19. The van der Waals surface area contributed by atoms with Gasteiger partial charge < -0.3 is 5.32 Å². The zero-order valence-electron chi connectivity index (χ0n) is 10.5. The van der Waals surface area contributed by atoms with Crippen molar-refractivity contribution in [2.45, 2.75) is 40.5 Å². The molecular weight excluding hydrogens is 184 g/mol. The summed E-state index contributed by atoms with van der Waals surface area (Å²) in [7, 11) is 0. The number of nitrogens with one attached hydrogen (secondary N) is 1. The highest BCUT2D eigenvalue weighted by molar-refractivity contribution is 5.36. The zero-order valence-corrected chi connectivity index (χ0v) is 10.5. The van der Waals surface area contributed by atoms with Crippen molar-refractivity contribution in [2.75, 3.05) is 11.9 Å². The van der Waals surface area contributed by atoms with E-state index in [1.807, 2.05) is 6.20 Å². The van der Waals surface area contributed by atoms with Crippen LogP contribution in [0.4, 0.5) is 5.82 Å². The minimum atomic E-state index is 0.290. The van der Waals surface area contributed by atoms with Gasteiger partial charge in [-0.2, -0.15) is 0 Å². The minimum absolute atomic E-state index is 0.290. The van der Waals surface area contributed by atoms with Gasteiger partial charge in [-0.1, -0.05) is 40.7 Å². The first-order valence-corrected chi connectivity index (χ1v) is 5.58. The molecule has 0 aliphatic carbocycles. The normalized spacial score (nSPS) is 11.9. The van der Waals surface area contributed by atoms with E-state index in [-0.39, 0.29) is 0 Å². The van der Waals surface area contributed by atoms with Gasteiger partial charge in [-0.25, -0.2) is 4.98 Å². The van der Waals surface area contributed by atoms with Crippen LogP contribution in [0.15, 0.2) is 18.3 Å². The molecule has 2 heteroatoms. The lowest BCUT2D eigenvalue weighted by atomic mass is 9.97. The molecule has 0 radical (unpaired) electrons. The Balaban J connectivity index is 2.57. The van der Waals surface area contributed by atoms with E-state index >= 15 is 0 Å². The van der Waals surface area contributed by atoms with Crippen LogP contribution < -0.4 is 5.32 Å². The highest BCUT2D eigenvalue weighted by atomic mass is 15.0. The first kappa shape index (κ1) is 12.0. The first-order chi connectivity index (χ1) is 6.88. The summed E-state index contributed by atoms with van der Waals surface area (Å²) < 4.78 is 0. The standard InChI is InChI=1S/C13H22N2/c1-10(2)11-6-7-12(14-8-11)15-9-13(3,4)5/h6-8,10H,9H2,1-5H3,(H,14,15). The Morgan fingerprint density at radius 2 is 1.93 bits per heavy atom. The Kier molecular flexibility index (Phi) is 3.72. The van der Waals surface area contributed by atoms with Crippen molar-refractivity contribution < 1.29 is 0 Å². The topological polar surface area (TPSA) is 24.9 Å². The molecule has 0 aliphatic rings. The molecule has 0 saturated heterocycles. The van der Waals surface area contributed by atoms with Crippen molar-refractivity contribution in [1.82, 2.24) is 4.98 Å². The average Bonchev–Trinajstić information content (AvgIpc) is 2.14. The van der Waals surface area contributed by atoms with Crippen molar-refractivity contribution in [3.8, 4) is 0 Å². The van der Waals surface area contributed by atoms with Crippen LogP contribution in [-0.2, 0) is 0 Å². The van der Waals surface area contributed by atoms with Gasteiger partial charge in [0.25, 0.3) is 0 Å². The maximum atomic E-state index is 4.39. The summed E-state index contributed by atoms with van der Waals surface area (Å²) in [5.41, 5.74) is 1.58. The maximum Gasteiger partial charge on any atom is 0.125 e. The average molecular weight is 206 g/mol. The van der Waals surface area contributed by atoms with Gasteiger partial charge in [0.05, 0.1) is 0 Å². The molecule has 1 N–H and O–H groups in total. The fourth-order valence-electron chi connectivity index (χ4n) is 1.21. The molecule has 0 saturated carbocycles. The number of nitrogens with zero attached hydrogens (tertiary/aromatic N) is 1. The Hall–Kier alpha value is -1.05. The Morgan fingerprint density at radius 1 is 1.27 bits per heavy atom. The van der Waals surface area contributed by atoms with E-state index < -0.39 is 0 Å². The molecule has 0 spiro atoms. The van der Waals surface area contributed by atoms with Crippen LogP contribution in [0.2, 0.25) is 0 Å². The molecule has 2 nitrogen and oxygen atoms in total. The second kappa shape index (κ2) is 4.65. The smallest absolute Gasteiger partial charge is 0.125 e. The van der Waals surface area contributed by atoms with Crippen LogP contribution in [0.3, 0.4) is 0 Å². The SMILES string of the molecule is CC(C)c1ccc(NCC(C)(C)C)nc1. The molecule has 84 valence electrons. The molecule has 1 aromatic rings. The van der Waals surface area contributed by atoms with E-state index in [1.165, 1.54) is 5.56 Å². The summed E-state index contributed by atoms with van der Waals surface area (Å²) in [5.74, 6) is 1.52. The van der Waals surface area contributed by atoms with Gasteiger partial charge in [-0.15, -0.1) is 0 Å². The van der Waals surface area contributed by atoms with Crippen LogP contribution in [0.25, 0.3) is 0 Å². The second-order valence-electron chi connectivity index (χ2n) is 5.55. The largest absolute Gasteiger partial charge is 0.370 e. The predicted octanol–water partition coefficient (Wildman–Crippen LogP) is 3.66. The Morgan fingerprint density at radius 3 is 2.33 bits per heavy atom. The first-order valence-electron chi connectivity index (χ1n) is 5.58. The second-order valence-corrected chi connectivity index (χ2v) is 5.55. The molecule has 0 aliphatic heterocycles. The highest BCUT2D eigenvalue weighted by Crippen LogP contribution is 2.17. The molecule has 0 aromatic carbocycles. The van der Waals surface area contributed by atoms with Crippen LogP contribution >= 0.6 is 0 Å². The molecule has 0 bridgehead atoms. The monoisotopic (exact) mass is 206 g/mol. The molecule has 0 amide bonds. The number of aromatic nitrogens is 1. The molecule has 1 aromatic heterocycles. The van der Waals surface area contributed by atoms with Crippen LogP contribution in [0, 0.1) is 5.41 Å². The van der Waals surface area contributed by atoms with Crippen molar-refractivity contribution in [3.05, 3.63) is 23.9 Å². The van der Waals surface area contributed by atoms with E-state index in [9.17, 15) is 0 Å². The molecule has 0 unspecified atom stereocenters. The van der Waals surface area contributed by atoms with Crippen molar-refractivity contribution in [2.24, 2.45) is 5.41 Å². The summed E-state index contributed by atoms with van der Waals surface area (Å²) in [5, 5.41) is 3.34. The fraction of sp³-hybridized carbons (Fsp3) is 0.615. The van der Waals surface area contributed by atoms with Gasteiger partial charge >= 0.3 is 0 Å². The summed E-state index contributed by atoms with van der Waals surface area (Å²) in [6, 6.07) is 4.20. The van der Waals surface area contributed by atoms with Gasteiger partial charge in [0.1, 0.15) is 5.82 Å². The number of anilines is 1. The van der Waals surface area contributed by atoms with E-state index in [0.717, 1.165) is 12.4 Å². The third-order valence-electron chi connectivity index (χ3n) is 2.25. The molecule has 1 heterocycles. The molecular formula is C13H22N2. The quantitative estimate of drug-likeness (QED) is 0.816. The molecule has 0 fully saturated rings. The lowest BCUT2D eigenvalue weighted by Gasteiger charge is -2.19. The van der Waals surface area contributed by atoms with Gasteiger partial charge in [-0.05, 0) is 23.0 Å². The lowest BCUT2D eigenvalue weighted by molar-refractivity contribution is 0.442. The summed E-state index contributed by atoms with van der Waals surface area (Å²) in [6.45, 7) is 11.9. The summed E-state index contributed by atoms with van der Waals surface area (Å²) in [6.07, 6.45) is 1.95. The third kappa shape index (κ3) is 4.32. The molecule has 0 atom stereocenters. The van der Waals surface area contributed by atoms with Gasteiger partial charge in [0, 0.05) is 12.7 Å². The number of hydrogen-bond donors (Lipinski definition) is 1. The summed E-state index contributed by atoms with van der Waals surface area (Å²) in [4.78, 5) is 4.39. The van der Waals surface area contributed by atoms with Crippen molar-refractivity contribution in [3.63, 3.8) is 0 Å². The number of rotatable bonds is 3. The zero-order chi connectivity index (χ0) is 11.5. The Bertz CT molecular complexity index is 293. The van der Waals surface area contributed by atoms with Gasteiger partial charge in [-0.3, -0.25) is 0 Å². The van der Waals surface area contributed by atoms with Gasteiger partial charge in [0.15, 0.2) is 0 Å². The van der Waals surface area contributed by atoms with Crippen molar-refractivity contribution >= 4 is 5.82 Å². The third-order valence-corrected chi connectivity index (χ3v) is 2.25. The Labute approximate surface area is 93.1 Å². The van der Waals surface area contributed by atoms with Crippen LogP contribution in [-0.4, -0.2) is 11.5 Å². The minimum Gasteiger partial charge on any atom is -0.370 e. The number of hydrogen-bond acceptors (Lipinski definition) is 2. The molecule has 1 rings (SSSR count). The van der Waals surface area contributed by atoms with E-state index in [0.29, 0.717) is 11.3 Å². The highest BCUT2D eigenvalue weighted by Gasteiger charge is 2.09. The van der Waals surface area contributed by atoms with E-state index in [2.05, 4.69) is 57.1 Å². The fourth-order valence-corrected chi connectivity index (χ4v) is 1.21. The van der Waals surface area contributed by atoms with Gasteiger partial charge in [0.2, 0.25) is 0 Å². The maximum absolute atomic E-state index is 4.39. The molecule has 15 heavy (non-hydrogen) atoms. The van der Waals surface area contributed by atoms with E-state index in [4.69, 9.17) is 0 Å². The van der Waals surface area contributed by atoms with Crippen molar-refractivity contribution in [1.29, 1.82) is 0 Å². The van der Waals surface area contributed by atoms with Crippen LogP contribution in [0.1, 0.15) is 46.1 Å². The van der Waals surface area contributed by atoms with E-state index in [1.54, 1.807) is 0 Å². The van der Waals surface area contributed by atoms with Crippen LogP contribution in [0.5, 0.6) is 0 Å². The summed E-state index contributed by atoms with van der Waals surface area (Å²) >= 11 is 0. The predicted molar refractivity (Wildman–Crippen MR) is 66.3 cm³/mol. The number of pyridine rings is 1.